The molecule has 0 bridgehead atoms. The molecular formula is C26H34N4O2. The molecule has 6 heteroatoms. The minimum Gasteiger partial charge on any atom is -0.424 e. The van der Waals surface area contributed by atoms with Crippen molar-refractivity contribution >= 4 is 33.7 Å². The van der Waals surface area contributed by atoms with Crippen molar-refractivity contribution in [1.29, 1.82) is 0 Å². The minimum atomic E-state index is -0.219. The van der Waals surface area contributed by atoms with Crippen molar-refractivity contribution in [2.45, 2.75) is 67.3 Å². The number of aromatic nitrogens is 4. The summed E-state index contributed by atoms with van der Waals surface area (Å²) in [7, 11) is 0. The topological polar surface area (TPSA) is 61.4 Å². The lowest BCUT2D eigenvalue weighted by Gasteiger charge is -2.12. The summed E-state index contributed by atoms with van der Waals surface area (Å²) >= 11 is 0. The molecule has 0 radical (unpaired) electrons. The molecule has 1 aromatic carbocycles. The zero-order valence-electron chi connectivity index (χ0n) is 20.1. The molecule has 0 unspecified atom stereocenters. The Bertz CT molecular complexity index is 1260. The number of benzene rings is 1. The van der Waals surface area contributed by atoms with Gasteiger partial charge in [-0.15, -0.1) is 0 Å². The number of esters is 1. The maximum atomic E-state index is 12.6. The van der Waals surface area contributed by atoms with Crippen molar-refractivity contribution < 1.29 is 9.53 Å². The van der Waals surface area contributed by atoms with Crippen molar-refractivity contribution in [3.05, 3.63) is 36.3 Å². The first kappa shape index (κ1) is 22.3. The van der Waals surface area contributed by atoms with Gasteiger partial charge in [0.2, 0.25) is 0 Å². The summed E-state index contributed by atoms with van der Waals surface area (Å²) in [5.41, 5.74) is 3.60. The van der Waals surface area contributed by atoms with E-state index in [9.17, 15) is 4.79 Å². The Labute approximate surface area is 189 Å². The Morgan fingerprint density at radius 1 is 0.969 bits per heavy atom. The molecule has 0 saturated heterocycles. The van der Waals surface area contributed by atoms with E-state index in [0.29, 0.717) is 24.0 Å². The lowest BCUT2D eigenvalue weighted by molar-refractivity contribution is -0.135. The monoisotopic (exact) mass is 434 g/mol. The van der Waals surface area contributed by atoms with Crippen LogP contribution in [0.2, 0.25) is 0 Å². The van der Waals surface area contributed by atoms with E-state index in [2.05, 4.69) is 42.7 Å². The fourth-order valence-corrected chi connectivity index (χ4v) is 4.12. The number of ether oxygens (including phenoxy) is 1. The first-order chi connectivity index (χ1) is 15.2. The van der Waals surface area contributed by atoms with E-state index in [-0.39, 0.29) is 11.9 Å². The maximum Gasteiger partial charge on any atom is 0.311 e. The van der Waals surface area contributed by atoms with E-state index in [1.54, 1.807) is 0 Å². The first-order valence-electron chi connectivity index (χ1n) is 11.7. The van der Waals surface area contributed by atoms with E-state index >= 15 is 0 Å². The number of imidazole rings is 1. The maximum absolute atomic E-state index is 12.6. The predicted molar refractivity (Wildman–Crippen MR) is 129 cm³/mol. The average molecular weight is 435 g/mol. The second-order valence-electron chi connectivity index (χ2n) is 10.0. The quantitative estimate of drug-likeness (QED) is 0.318. The van der Waals surface area contributed by atoms with Gasteiger partial charge in [-0.05, 0) is 36.3 Å². The Morgan fingerprint density at radius 2 is 1.72 bits per heavy atom. The molecule has 0 aliphatic heterocycles. The van der Waals surface area contributed by atoms with Crippen LogP contribution in [0.5, 0.6) is 5.75 Å². The van der Waals surface area contributed by atoms with Crippen molar-refractivity contribution in [3.63, 3.8) is 0 Å². The highest BCUT2D eigenvalue weighted by molar-refractivity contribution is 6.00. The van der Waals surface area contributed by atoms with Crippen molar-refractivity contribution in [3.8, 4) is 5.75 Å². The average Bonchev–Trinajstić information content (AvgIpc) is 3.23. The number of fused-ring (bicyclic) bond motifs is 5. The molecule has 0 N–H and O–H groups in total. The number of aryl methyl sites for hydroxylation is 1. The lowest BCUT2D eigenvalue weighted by atomic mass is 10.1. The van der Waals surface area contributed by atoms with Gasteiger partial charge in [0.15, 0.2) is 11.4 Å². The normalized spacial score (nSPS) is 12.3. The summed E-state index contributed by atoms with van der Waals surface area (Å²) in [5, 5.41) is 0.814. The predicted octanol–water partition coefficient (Wildman–Crippen LogP) is 6.03. The third kappa shape index (κ3) is 4.36. The van der Waals surface area contributed by atoms with Gasteiger partial charge in [-0.3, -0.25) is 9.20 Å². The van der Waals surface area contributed by atoms with Gasteiger partial charge in [-0.2, -0.15) is 0 Å². The summed E-state index contributed by atoms with van der Waals surface area (Å²) in [6.07, 6.45) is 4.18. The highest BCUT2D eigenvalue weighted by atomic mass is 16.5. The molecule has 0 fully saturated rings. The zero-order valence-corrected chi connectivity index (χ0v) is 20.1. The van der Waals surface area contributed by atoms with Crippen LogP contribution in [0.25, 0.3) is 27.7 Å². The van der Waals surface area contributed by atoms with E-state index in [4.69, 9.17) is 14.7 Å². The Morgan fingerprint density at radius 3 is 2.41 bits per heavy atom. The van der Waals surface area contributed by atoms with Gasteiger partial charge in [0.25, 0.3) is 0 Å². The molecule has 0 saturated carbocycles. The van der Waals surface area contributed by atoms with Crippen molar-refractivity contribution in [2.75, 3.05) is 0 Å². The van der Waals surface area contributed by atoms with Crippen LogP contribution in [0.3, 0.4) is 0 Å². The summed E-state index contributed by atoms with van der Waals surface area (Å²) in [5.74, 6) is 2.57. The van der Waals surface area contributed by atoms with E-state index in [0.717, 1.165) is 52.9 Å². The number of carbonyl (C=O) groups is 1. The Kier molecular flexibility index (Phi) is 6.22. The smallest absolute Gasteiger partial charge is 0.311 e. The molecule has 170 valence electrons. The molecule has 4 rings (SSSR count). The number of rotatable bonds is 8. The standard InChI is InChI=1S/C26H34N4O2/c1-16(2)11-12-29-15-21(32-23(31)14-18(5)6)24-25(29)28-22(13-17(3)4)30-20-10-8-7-9-19(20)27-26(24)30/h7-10,15-18H,11-14H2,1-6H3. The van der Waals surface area contributed by atoms with Crippen molar-refractivity contribution in [2.24, 2.45) is 17.8 Å². The lowest BCUT2D eigenvalue weighted by Crippen LogP contribution is -2.11. The van der Waals surface area contributed by atoms with Gasteiger partial charge in [0.1, 0.15) is 16.9 Å². The van der Waals surface area contributed by atoms with Crippen LogP contribution < -0.4 is 4.74 Å². The molecule has 4 aromatic rings. The number of hydrogen-bond donors (Lipinski definition) is 0. The van der Waals surface area contributed by atoms with Crippen LogP contribution >= 0.6 is 0 Å². The Balaban J connectivity index is 1.99. The summed E-state index contributed by atoms with van der Waals surface area (Å²) in [4.78, 5) is 22.7. The van der Waals surface area contributed by atoms with E-state index in [1.165, 1.54) is 0 Å². The number of carbonyl (C=O) groups excluding carboxylic acids is 1. The minimum absolute atomic E-state index is 0.219. The summed E-state index contributed by atoms with van der Waals surface area (Å²) in [6.45, 7) is 13.7. The molecule has 32 heavy (non-hydrogen) atoms. The van der Waals surface area contributed by atoms with Gasteiger partial charge < -0.3 is 9.30 Å². The van der Waals surface area contributed by atoms with Crippen LogP contribution in [0.15, 0.2) is 30.5 Å². The molecule has 0 aliphatic rings. The molecule has 3 aromatic heterocycles. The molecule has 3 heterocycles. The highest BCUT2D eigenvalue weighted by Gasteiger charge is 2.23. The fourth-order valence-electron chi connectivity index (χ4n) is 4.12. The summed E-state index contributed by atoms with van der Waals surface area (Å²) < 4.78 is 10.2. The SMILES string of the molecule is CC(C)CCn1cc(OC(=O)CC(C)C)c2c1nc(CC(C)C)n1c3ccccc3nc21. The van der Waals surface area contributed by atoms with E-state index in [1.807, 2.05) is 38.2 Å². The second kappa shape index (κ2) is 8.93. The fraction of sp³-hybridized carbons (Fsp3) is 0.500. The van der Waals surface area contributed by atoms with Crippen LogP contribution in [-0.4, -0.2) is 24.9 Å². The molecule has 0 atom stereocenters. The van der Waals surface area contributed by atoms with Gasteiger partial charge in [-0.1, -0.05) is 53.7 Å². The summed E-state index contributed by atoms with van der Waals surface area (Å²) in [6, 6.07) is 8.12. The third-order valence-electron chi connectivity index (χ3n) is 5.63. The van der Waals surface area contributed by atoms with Crippen LogP contribution in [0.1, 0.15) is 60.2 Å². The highest BCUT2D eigenvalue weighted by Crippen LogP contribution is 2.34. The van der Waals surface area contributed by atoms with Crippen molar-refractivity contribution in [1.82, 2.24) is 18.9 Å². The zero-order chi connectivity index (χ0) is 23.0. The number of hydrogen-bond acceptors (Lipinski definition) is 4. The number of para-hydroxylation sites is 2. The molecule has 0 spiro atoms. The van der Waals surface area contributed by atoms with Crippen LogP contribution in [-0.2, 0) is 17.8 Å². The molecule has 0 aliphatic carbocycles. The number of nitrogens with zero attached hydrogens (tertiary/aromatic N) is 4. The van der Waals surface area contributed by atoms with Gasteiger partial charge >= 0.3 is 5.97 Å². The van der Waals surface area contributed by atoms with Gasteiger partial charge in [0, 0.05) is 25.6 Å². The van der Waals surface area contributed by atoms with Crippen LogP contribution in [0, 0.1) is 17.8 Å². The van der Waals surface area contributed by atoms with Gasteiger partial charge in [-0.25, -0.2) is 9.97 Å². The largest absolute Gasteiger partial charge is 0.424 e. The van der Waals surface area contributed by atoms with Crippen LogP contribution in [0.4, 0.5) is 0 Å². The molecule has 6 nitrogen and oxygen atoms in total. The van der Waals surface area contributed by atoms with Gasteiger partial charge in [0.05, 0.1) is 11.0 Å². The first-order valence-corrected chi connectivity index (χ1v) is 11.7. The molecular weight excluding hydrogens is 400 g/mol. The van der Waals surface area contributed by atoms with E-state index < -0.39 is 0 Å². The molecule has 0 amide bonds. The second-order valence-corrected chi connectivity index (χ2v) is 10.0. The third-order valence-corrected chi connectivity index (χ3v) is 5.63. The Hall–Kier alpha value is -2.89.